The molecule has 1 atom stereocenters. The number of hydrogen-bond donors (Lipinski definition) is 2. The second kappa shape index (κ2) is 8.55. The van der Waals surface area contributed by atoms with Crippen molar-refractivity contribution < 1.29 is 19.8 Å². The Bertz CT molecular complexity index is 927. The number of rotatable bonds is 7. The Kier molecular flexibility index (Phi) is 6.26. The highest BCUT2D eigenvalue weighted by molar-refractivity contribution is 5.87. The van der Waals surface area contributed by atoms with Crippen LogP contribution in [0.1, 0.15) is 39.5 Å². The minimum atomic E-state index is -1.05. The average Bonchev–Trinajstić information content (AvgIpc) is 2.65. The van der Waals surface area contributed by atoms with E-state index in [1.807, 2.05) is 18.2 Å². The third-order valence-electron chi connectivity index (χ3n) is 5.59. The van der Waals surface area contributed by atoms with Crippen molar-refractivity contribution in [1.29, 1.82) is 0 Å². The van der Waals surface area contributed by atoms with E-state index in [4.69, 9.17) is 5.11 Å². The highest BCUT2D eigenvalue weighted by atomic mass is 16.4. The van der Waals surface area contributed by atoms with Gasteiger partial charge in [0, 0.05) is 39.0 Å². The largest absolute Gasteiger partial charge is 0.481 e. The van der Waals surface area contributed by atoms with Gasteiger partial charge in [-0.25, -0.2) is 0 Å². The van der Waals surface area contributed by atoms with Crippen LogP contribution in [0, 0.1) is 5.41 Å². The van der Waals surface area contributed by atoms with E-state index in [0.29, 0.717) is 13.0 Å². The van der Waals surface area contributed by atoms with E-state index in [1.54, 1.807) is 33.3 Å². The van der Waals surface area contributed by atoms with Crippen LogP contribution in [0.4, 0.5) is 5.69 Å². The maximum atomic E-state index is 12.7. The molecule has 3 rings (SSSR count). The van der Waals surface area contributed by atoms with E-state index < -0.39 is 17.0 Å². The molecule has 1 unspecified atom stereocenters. The number of carboxylic acids is 1. The zero-order valence-electron chi connectivity index (χ0n) is 17.8. The second-order valence-corrected chi connectivity index (χ2v) is 9.11. The molecular weight excluding hydrogens is 384 g/mol. The Morgan fingerprint density at radius 1 is 1.23 bits per heavy atom. The highest BCUT2D eigenvalue weighted by Gasteiger charge is 2.37. The predicted octanol–water partition coefficient (Wildman–Crippen LogP) is 2.31. The number of likely N-dealkylation sites (N-methyl/N-ethyl adjacent to an activating group) is 1. The number of β-amino-alcohol motifs (C(OH)–C–C–N with tert-alkyl or cyclic N) is 1. The van der Waals surface area contributed by atoms with Crippen LogP contribution in [0.5, 0.6) is 0 Å². The molecule has 1 saturated heterocycles. The molecule has 1 aliphatic heterocycles. The highest BCUT2D eigenvalue weighted by Crippen LogP contribution is 2.31. The summed E-state index contributed by atoms with van der Waals surface area (Å²) in [5.41, 5.74) is 0.834. The van der Waals surface area contributed by atoms with Crippen LogP contribution in [0.15, 0.2) is 30.6 Å². The van der Waals surface area contributed by atoms with Gasteiger partial charge in [0.1, 0.15) is 5.52 Å². The first-order valence-electron chi connectivity index (χ1n) is 10.2. The Morgan fingerprint density at radius 3 is 2.73 bits per heavy atom. The summed E-state index contributed by atoms with van der Waals surface area (Å²) >= 11 is 0. The van der Waals surface area contributed by atoms with E-state index in [0.717, 1.165) is 29.7 Å². The summed E-state index contributed by atoms with van der Waals surface area (Å²) in [5, 5.41) is 20.3. The lowest BCUT2D eigenvalue weighted by Crippen LogP contribution is -2.55. The Hall–Kier alpha value is -2.74. The van der Waals surface area contributed by atoms with Crippen molar-refractivity contribution >= 4 is 28.6 Å². The van der Waals surface area contributed by atoms with Gasteiger partial charge in [-0.15, -0.1) is 0 Å². The molecule has 0 radical (unpaired) electrons. The van der Waals surface area contributed by atoms with Crippen molar-refractivity contribution in [2.75, 3.05) is 31.6 Å². The molecule has 30 heavy (non-hydrogen) atoms. The van der Waals surface area contributed by atoms with Gasteiger partial charge in [0.05, 0.1) is 29.8 Å². The van der Waals surface area contributed by atoms with Gasteiger partial charge in [-0.2, -0.15) is 0 Å². The quantitative estimate of drug-likeness (QED) is 0.716. The molecule has 162 valence electrons. The number of nitrogens with zero attached hydrogens (tertiary/aromatic N) is 4. The standard InChI is InChI=1S/C22H30N4O4/c1-21(2,13-19(28)29)12-18(27)25(3)14-22(30)8-5-11-26(15-22)17-7-10-23-16-6-4-9-24-20(16)17/h4,6-7,9-10,30H,5,8,11-15H2,1-3H3,(H,28,29). The van der Waals surface area contributed by atoms with E-state index in [2.05, 4.69) is 14.9 Å². The molecule has 1 aliphatic rings. The smallest absolute Gasteiger partial charge is 0.303 e. The molecule has 8 nitrogen and oxygen atoms in total. The molecule has 3 heterocycles. The fraction of sp³-hybridized carbons (Fsp3) is 0.545. The number of carboxylic acid groups (broad SMARTS) is 1. The molecule has 0 aromatic carbocycles. The van der Waals surface area contributed by atoms with Crippen molar-refractivity contribution in [1.82, 2.24) is 14.9 Å². The number of piperidine rings is 1. The summed E-state index contributed by atoms with van der Waals surface area (Å²) in [6.07, 6.45) is 4.90. The van der Waals surface area contributed by atoms with Gasteiger partial charge < -0.3 is 20.0 Å². The van der Waals surface area contributed by atoms with Crippen LogP contribution in [-0.4, -0.2) is 69.2 Å². The SMILES string of the molecule is CN(CC1(O)CCCN(c2ccnc3cccnc23)C1)C(=O)CC(C)(C)CC(=O)O. The number of carbonyl (C=O) groups is 2. The second-order valence-electron chi connectivity index (χ2n) is 9.11. The van der Waals surface area contributed by atoms with Gasteiger partial charge >= 0.3 is 5.97 Å². The molecule has 1 fully saturated rings. The number of fused-ring (bicyclic) bond motifs is 1. The lowest BCUT2D eigenvalue weighted by molar-refractivity contribution is -0.141. The van der Waals surface area contributed by atoms with Crippen LogP contribution in [0.2, 0.25) is 0 Å². The third-order valence-corrected chi connectivity index (χ3v) is 5.59. The summed E-state index contributed by atoms with van der Waals surface area (Å²) in [5.74, 6) is -1.09. The first-order valence-corrected chi connectivity index (χ1v) is 10.2. The first-order chi connectivity index (χ1) is 14.1. The summed E-state index contributed by atoms with van der Waals surface area (Å²) in [7, 11) is 1.67. The number of carbonyl (C=O) groups excluding carboxylic acids is 1. The monoisotopic (exact) mass is 414 g/mol. The number of amides is 1. The molecule has 0 saturated carbocycles. The van der Waals surface area contributed by atoms with Crippen molar-refractivity contribution in [3.05, 3.63) is 30.6 Å². The Balaban J connectivity index is 1.70. The molecule has 0 bridgehead atoms. The fourth-order valence-electron chi connectivity index (χ4n) is 4.21. The maximum Gasteiger partial charge on any atom is 0.303 e. The van der Waals surface area contributed by atoms with E-state index in [1.165, 1.54) is 4.90 Å². The molecule has 0 spiro atoms. The number of hydrogen-bond acceptors (Lipinski definition) is 6. The summed E-state index contributed by atoms with van der Waals surface area (Å²) in [6, 6.07) is 5.66. The van der Waals surface area contributed by atoms with E-state index in [-0.39, 0.29) is 25.3 Å². The first kappa shape index (κ1) is 22.0. The van der Waals surface area contributed by atoms with Crippen LogP contribution < -0.4 is 4.90 Å². The molecule has 2 aromatic heterocycles. The van der Waals surface area contributed by atoms with Gasteiger partial charge in [0.25, 0.3) is 0 Å². The number of aliphatic hydroxyl groups is 1. The minimum absolute atomic E-state index is 0.0766. The number of aliphatic carboxylic acids is 1. The molecule has 8 heteroatoms. The summed E-state index contributed by atoms with van der Waals surface area (Å²) < 4.78 is 0. The number of anilines is 1. The van der Waals surface area contributed by atoms with Crippen LogP contribution in [0.25, 0.3) is 11.0 Å². The van der Waals surface area contributed by atoms with E-state index in [9.17, 15) is 14.7 Å². The lowest BCUT2D eigenvalue weighted by Gasteiger charge is -2.42. The summed E-state index contributed by atoms with van der Waals surface area (Å²) in [6.45, 7) is 4.92. The van der Waals surface area contributed by atoms with Crippen molar-refractivity contribution in [2.45, 2.75) is 45.1 Å². The van der Waals surface area contributed by atoms with Crippen molar-refractivity contribution in [3.63, 3.8) is 0 Å². The Labute approximate surface area is 176 Å². The van der Waals surface area contributed by atoms with Crippen molar-refractivity contribution in [2.24, 2.45) is 5.41 Å². The van der Waals surface area contributed by atoms with E-state index >= 15 is 0 Å². The zero-order chi connectivity index (χ0) is 21.9. The maximum absolute atomic E-state index is 12.7. The minimum Gasteiger partial charge on any atom is -0.481 e. The van der Waals surface area contributed by atoms with Gasteiger partial charge in [-0.1, -0.05) is 13.8 Å². The zero-order valence-corrected chi connectivity index (χ0v) is 17.8. The normalized spacial score (nSPS) is 19.7. The predicted molar refractivity (Wildman–Crippen MR) is 114 cm³/mol. The molecule has 2 N–H and O–H groups in total. The van der Waals surface area contributed by atoms with Crippen molar-refractivity contribution in [3.8, 4) is 0 Å². The van der Waals surface area contributed by atoms with Crippen LogP contribution in [-0.2, 0) is 9.59 Å². The van der Waals surface area contributed by atoms with Gasteiger partial charge in [-0.05, 0) is 36.5 Å². The Morgan fingerprint density at radius 2 is 2.00 bits per heavy atom. The van der Waals surface area contributed by atoms with Gasteiger partial charge in [-0.3, -0.25) is 19.6 Å². The van der Waals surface area contributed by atoms with Crippen LogP contribution in [0.3, 0.4) is 0 Å². The fourth-order valence-corrected chi connectivity index (χ4v) is 4.21. The van der Waals surface area contributed by atoms with Crippen LogP contribution >= 0.6 is 0 Å². The molecule has 1 amide bonds. The number of pyridine rings is 2. The molecule has 0 aliphatic carbocycles. The topological polar surface area (TPSA) is 107 Å². The lowest BCUT2D eigenvalue weighted by atomic mass is 9.85. The van der Waals surface area contributed by atoms with Gasteiger partial charge in [0.15, 0.2) is 0 Å². The molecule has 2 aromatic rings. The number of aromatic nitrogens is 2. The third kappa shape index (κ3) is 5.24. The van der Waals surface area contributed by atoms with Gasteiger partial charge in [0.2, 0.25) is 5.91 Å². The molecular formula is C22H30N4O4. The average molecular weight is 415 g/mol. The summed E-state index contributed by atoms with van der Waals surface area (Å²) in [4.78, 5) is 36.1.